The lowest BCUT2D eigenvalue weighted by atomic mass is 10.1. The molecule has 0 fully saturated rings. The fourth-order valence-electron chi connectivity index (χ4n) is 0.884. The topological polar surface area (TPSA) is 20.2 Å². The van der Waals surface area contributed by atoms with Crippen molar-refractivity contribution in [3.8, 4) is 0 Å². The van der Waals surface area contributed by atoms with E-state index in [1.807, 2.05) is 24.3 Å². The van der Waals surface area contributed by atoms with Gasteiger partial charge >= 0.3 is 0 Å². The number of rotatable bonds is 2. The average molecular weight is 135 g/mol. The molecule has 53 valence electrons. The first-order valence-electron chi connectivity index (χ1n) is 3.34. The van der Waals surface area contributed by atoms with Gasteiger partial charge in [-0.2, -0.15) is 0 Å². The average Bonchev–Trinajstić information content (AvgIpc) is 2.05. The molecule has 0 saturated carbocycles. The molecule has 1 radical (unpaired) electrons. The Labute approximate surface area is 61.3 Å². The summed E-state index contributed by atoms with van der Waals surface area (Å²) in [6.45, 7) is 3.87. The second-order valence-corrected chi connectivity index (χ2v) is 2.23. The Hall–Kier alpha value is -0.820. The predicted octanol–water partition coefficient (Wildman–Crippen LogP) is 1.56. The highest BCUT2D eigenvalue weighted by molar-refractivity contribution is 5.23. The summed E-state index contributed by atoms with van der Waals surface area (Å²) in [5, 5.41) is 8.74. The van der Waals surface area contributed by atoms with Gasteiger partial charge in [-0.3, -0.25) is 0 Å². The van der Waals surface area contributed by atoms with Gasteiger partial charge in [0.2, 0.25) is 0 Å². The third-order valence-electron chi connectivity index (χ3n) is 1.46. The third-order valence-corrected chi connectivity index (χ3v) is 1.46. The Bertz CT molecular complexity index is 186. The summed E-state index contributed by atoms with van der Waals surface area (Å²) < 4.78 is 0. The van der Waals surface area contributed by atoms with Crippen LogP contribution in [0.25, 0.3) is 0 Å². The van der Waals surface area contributed by atoms with Gasteiger partial charge in [-0.05, 0) is 24.5 Å². The molecule has 0 saturated heterocycles. The Kier molecular flexibility index (Phi) is 2.46. The second-order valence-electron chi connectivity index (χ2n) is 2.23. The minimum absolute atomic E-state index is 0.119. The van der Waals surface area contributed by atoms with Crippen molar-refractivity contribution < 1.29 is 5.11 Å². The SMILES string of the molecule is [CH2]Cc1cccc(CO)c1. The van der Waals surface area contributed by atoms with Gasteiger partial charge in [0.1, 0.15) is 0 Å². The molecule has 0 amide bonds. The van der Waals surface area contributed by atoms with E-state index in [-0.39, 0.29) is 6.61 Å². The minimum atomic E-state index is 0.119. The minimum Gasteiger partial charge on any atom is -0.392 e. The van der Waals surface area contributed by atoms with Gasteiger partial charge in [-0.1, -0.05) is 24.3 Å². The standard InChI is InChI=1S/C9H11O/c1-2-8-4-3-5-9(6-8)7-10/h3-6,10H,1-2,7H2. The van der Waals surface area contributed by atoms with E-state index < -0.39 is 0 Å². The van der Waals surface area contributed by atoms with Crippen molar-refractivity contribution in [1.82, 2.24) is 0 Å². The molecule has 1 aromatic rings. The van der Waals surface area contributed by atoms with Crippen molar-refractivity contribution in [2.24, 2.45) is 0 Å². The van der Waals surface area contributed by atoms with Crippen molar-refractivity contribution in [1.29, 1.82) is 0 Å². The van der Waals surface area contributed by atoms with Crippen LogP contribution in [0, 0.1) is 6.92 Å². The number of benzene rings is 1. The van der Waals surface area contributed by atoms with E-state index in [1.165, 1.54) is 5.56 Å². The Balaban J connectivity index is 2.87. The van der Waals surface area contributed by atoms with Crippen LogP contribution in [-0.2, 0) is 13.0 Å². The van der Waals surface area contributed by atoms with Crippen molar-refractivity contribution >= 4 is 0 Å². The van der Waals surface area contributed by atoms with E-state index in [2.05, 4.69) is 6.92 Å². The van der Waals surface area contributed by atoms with Crippen LogP contribution in [0.1, 0.15) is 11.1 Å². The number of hydrogen-bond acceptors (Lipinski definition) is 1. The maximum atomic E-state index is 8.74. The van der Waals surface area contributed by atoms with Gasteiger partial charge in [0.15, 0.2) is 0 Å². The fraction of sp³-hybridized carbons (Fsp3) is 0.222. The van der Waals surface area contributed by atoms with Crippen LogP contribution < -0.4 is 0 Å². The monoisotopic (exact) mass is 135 g/mol. The van der Waals surface area contributed by atoms with Gasteiger partial charge in [-0.25, -0.2) is 0 Å². The molecule has 0 bridgehead atoms. The molecule has 1 rings (SSSR count). The van der Waals surface area contributed by atoms with Crippen molar-refractivity contribution in [3.05, 3.63) is 42.3 Å². The van der Waals surface area contributed by atoms with Crippen LogP contribution >= 0.6 is 0 Å². The van der Waals surface area contributed by atoms with Crippen LogP contribution in [0.2, 0.25) is 0 Å². The number of aliphatic hydroxyl groups excluding tert-OH is 1. The molecule has 10 heavy (non-hydrogen) atoms. The molecule has 1 heteroatoms. The quantitative estimate of drug-likeness (QED) is 0.652. The first-order chi connectivity index (χ1) is 4.86. The highest BCUT2D eigenvalue weighted by Crippen LogP contribution is 2.04. The molecule has 0 heterocycles. The molecular weight excluding hydrogens is 124 g/mol. The summed E-state index contributed by atoms with van der Waals surface area (Å²) in [7, 11) is 0. The lowest BCUT2D eigenvalue weighted by Gasteiger charge is -1.98. The fourth-order valence-corrected chi connectivity index (χ4v) is 0.884. The molecule has 0 aliphatic rings. The van der Waals surface area contributed by atoms with Crippen LogP contribution in [0.5, 0.6) is 0 Å². The van der Waals surface area contributed by atoms with Crippen LogP contribution in [0.3, 0.4) is 0 Å². The van der Waals surface area contributed by atoms with E-state index in [0.717, 1.165) is 12.0 Å². The van der Waals surface area contributed by atoms with E-state index in [9.17, 15) is 0 Å². The first-order valence-corrected chi connectivity index (χ1v) is 3.34. The molecule has 0 aliphatic heterocycles. The van der Waals surface area contributed by atoms with Gasteiger partial charge in [0, 0.05) is 0 Å². The molecule has 1 aromatic carbocycles. The summed E-state index contributed by atoms with van der Waals surface area (Å²) in [6, 6.07) is 7.81. The number of hydrogen-bond donors (Lipinski definition) is 1. The second kappa shape index (κ2) is 3.37. The van der Waals surface area contributed by atoms with Crippen molar-refractivity contribution in [2.45, 2.75) is 13.0 Å². The summed E-state index contributed by atoms with van der Waals surface area (Å²) in [6.07, 6.45) is 0.786. The summed E-state index contributed by atoms with van der Waals surface area (Å²) in [5.41, 5.74) is 2.13. The van der Waals surface area contributed by atoms with E-state index in [1.54, 1.807) is 0 Å². The normalized spacial score (nSPS) is 9.80. The highest BCUT2D eigenvalue weighted by atomic mass is 16.3. The van der Waals surface area contributed by atoms with Crippen LogP contribution in [0.15, 0.2) is 24.3 Å². The summed E-state index contributed by atoms with van der Waals surface area (Å²) >= 11 is 0. The van der Waals surface area contributed by atoms with E-state index >= 15 is 0 Å². The van der Waals surface area contributed by atoms with Gasteiger partial charge in [-0.15, -0.1) is 0 Å². The predicted molar refractivity (Wildman–Crippen MR) is 41.4 cm³/mol. The zero-order chi connectivity index (χ0) is 7.40. The summed E-state index contributed by atoms with van der Waals surface area (Å²) in [5.74, 6) is 0. The smallest absolute Gasteiger partial charge is 0.0681 e. The molecular formula is C9H11O. The van der Waals surface area contributed by atoms with E-state index in [4.69, 9.17) is 5.11 Å². The Morgan fingerprint density at radius 1 is 1.30 bits per heavy atom. The lowest BCUT2D eigenvalue weighted by molar-refractivity contribution is 0.282. The van der Waals surface area contributed by atoms with Gasteiger partial charge < -0.3 is 5.11 Å². The Morgan fingerprint density at radius 2 is 2.00 bits per heavy atom. The molecule has 1 N–H and O–H groups in total. The molecule has 0 spiro atoms. The van der Waals surface area contributed by atoms with E-state index in [0.29, 0.717) is 0 Å². The zero-order valence-corrected chi connectivity index (χ0v) is 5.88. The van der Waals surface area contributed by atoms with Gasteiger partial charge in [0.25, 0.3) is 0 Å². The van der Waals surface area contributed by atoms with Crippen molar-refractivity contribution in [2.75, 3.05) is 0 Å². The molecule has 0 atom stereocenters. The lowest BCUT2D eigenvalue weighted by Crippen LogP contribution is -1.85. The number of aliphatic hydroxyl groups is 1. The third kappa shape index (κ3) is 1.58. The molecule has 1 nitrogen and oxygen atoms in total. The van der Waals surface area contributed by atoms with Crippen LogP contribution in [0.4, 0.5) is 0 Å². The first kappa shape index (κ1) is 7.29. The van der Waals surface area contributed by atoms with Crippen molar-refractivity contribution in [3.63, 3.8) is 0 Å². The zero-order valence-electron chi connectivity index (χ0n) is 5.88. The Morgan fingerprint density at radius 3 is 2.60 bits per heavy atom. The molecule has 0 unspecified atom stereocenters. The maximum Gasteiger partial charge on any atom is 0.0681 e. The van der Waals surface area contributed by atoms with Crippen LogP contribution in [-0.4, -0.2) is 5.11 Å². The highest BCUT2D eigenvalue weighted by Gasteiger charge is 1.90. The summed E-state index contributed by atoms with van der Waals surface area (Å²) in [4.78, 5) is 0. The molecule has 0 aliphatic carbocycles. The maximum absolute atomic E-state index is 8.74. The molecule has 0 aromatic heterocycles. The largest absolute Gasteiger partial charge is 0.392 e. The van der Waals surface area contributed by atoms with Gasteiger partial charge in [0.05, 0.1) is 6.61 Å².